The highest BCUT2D eigenvalue weighted by Crippen LogP contribution is 2.23. The van der Waals surface area contributed by atoms with Crippen LogP contribution in [0.5, 0.6) is 0 Å². The minimum Gasteiger partial charge on any atom is -0.370 e. The van der Waals surface area contributed by atoms with Crippen molar-refractivity contribution in [2.75, 3.05) is 37.3 Å². The first kappa shape index (κ1) is 25.9. The van der Waals surface area contributed by atoms with Gasteiger partial charge in [0.05, 0.1) is 4.90 Å². The van der Waals surface area contributed by atoms with Crippen LogP contribution in [0.3, 0.4) is 0 Å². The number of fused-ring (bicyclic) bond motifs is 4. The molecule has 0 unspecified atom stereocenters. The lowest BCUT2D eigenvalue weighted by molar-refractivity contribution is 0.465. The standard InChI is InChI=1S/C23H27FN6O4S2/c1-16-7-8-20(24)21(13-16)36(33,34)30(2)12-9-17-15-26-23-28-18-5-3-6-19(14-18)35(31,32)27-11-4-10-25-22(17)29-23/h3,5-8,13-15,27H,4,9-12H2,1-2H3,(H2,25,26,28,29). The second-order valence-electron chi connectivity index (χ2n) is 8.41. The minimum atomic E-state index is -4.03. The summed E-state index contributed by atoms with van der Waals surface area (Å²) in [6, 6.07) is 10.3. The smallest absolute Gasteiger partial charge is 0.245 e. The van der Waals surface area contributed by atoms with Gasteiger partial charge < -0.3 is 10.6 Å². The van der Waals surface area contributed by atoms with Gasteiger partial charge in [-0.25, -0.2) is 35.2 Å². The first-order valence-electron chi connectivity index (χ1n) is 11.3. The molecule has 4 bridgehead atoms. The fraction of sp³-hybridized carbons (Fsp3) is 0.304. The molecule has 3 aromatic rings. The van der Waals surface area contributed by atoms with Gasteiger partial charge in [-0.05, 0) is 55.7 Å². The van der Waals surface area contributed by atoms with Gasteiger partial charge in [0.2, 0.25) is 26.0 Å². The maximum atomic E-state index is 14.2. The average Bonchev–Trinajstić information content (AvgIpc) is 2.84. The summed E-state index contributed by atoms with van der Waals surface area (Å²) >= 11 is 0. The van der Waals surface area contributed by atoms with E-state index >= 15 is 0 Å². The van der Waals surface area contributed by atoms with Crippen LogP contribution < -0.4 is 15.4 Å². The summed E-state index contributed by atoms with van der Waals surface area (Å²) in [5.74, 6) is -0.0466. The first-order valence-corrected chi connectivity index (χ1v) is 14.2. The number of nitrogens with zero attached hydrogens (tertiary/aromatic N) is 3. The summed E-state index contributed by atoms with van der Waals surface area (Å²) < 4.78 is 68.8. The van der Waals surface area contributed by atoms with Crippen LogP contribution in [0.1, 0.15) is 17.5 Å². The van der Waals surface area contributed by atoms with Gasteiger partial charge >= 0.3 is 0 Å². The first-order chi connectivity index (χ1) is 17.1. The third-order valence-corrected chi connectivity index (χ3v) is 9.00. The maximum absolute atomic E-state index is 14.2. The highest BCUT2D eigenvalue weighted by atomic mass is 32.2. The van der Waals surface area contributed by atoms with Crippen LogP contribution in [0.4, 0.5) is 21.8 Å². The molecule has 36 heavy (non-hydrogen) atoms. The predicted molar refractivity (Wildman–Crippen MR) is 135 cm³/mol. The number of hydrogen-bond acceptors (Lipinski definition) is 8. The van der Waals surface area contributed by atoms with E-state index in [2.05, 4.69) is 25.3 Å². The Labute approximate surface area is 210 Å². The number of likely N-dealkylation sites (N-methyl/N-ethyl adjacent to an activating group) is 1. The number of halogens is 1. The summed E-state index contributed by atoms with van der Waals surface area (Å²) in [5.41, 5.74) is 1.81. The lowest BCUT2D eigenvalue weighted by atomic mass is 10.2. The van der Waals surface area contributed by atoms with Crippen LogP contribution in [0, 0.1) is 12.7 Å². The second kappa shape index (κ2) is 10.5. The lowest BCUT2D eigenvalue weighted by Crippen LogP contribution is -2.30. The van der Waals surface area contributed by atoms with E-state index in [4.69, 9.17) is 0 Å². The van der Waals surface area contributed by atoms with Crippen LogP contribution in [0.25, 0.3) is 0 Å². The Kier molecular flexibility index (Phi) is 7.54. The van der Waals surface area contributed by atoms with E-state index in [-0.39, 0.29) is 35.2 Å². The number of anilines is 3. The monoisotopic (exact) mass is 534 g/mol. The molecule has 0 atom stereocenters. The van der Waals surface area contributed by atoms with Gasteiger partial charge in [0.1, 0.15) is 16.5 Å². The van der Waals surface area contributed by atoms with Crippen molar-refractivity contribution in [1.82, 2.24) is 19.0 Å². The molecule has 0 aliphatic carbocycles. The van der Waals surface area contributed by atoms with Crippen molar-refractivity contribution in [1.29, 1.82) is 0 Å². The number of benzene rings is 2. The van der Waals surface area contributed by atoms with Crippen LogP contribution in [0.2, 0.25) is 0 Å². The SMILES string of the molecule is Cc1ccc(F)c(S(=O)(=O)N(C)CCc2cnc3nc2NCCCNS(=O)(=O)c2cccc(c2)N3)c1. The Bertz CT molecular complexity index is 1480. The van der Waals surface area contributed by atoms with Crippen LogP contribution in [-0.2, 0) is 26.5 Å². The van der Waals surface area contributed by atoms with Crippen LogP contribution in [-0.4, -0.2) is 57.8 Å². The number of aromatic nitrogens is 2. The van der Waals surface area contributed by atoms with Gasteiger partial charge in [0.15, 0.2) is 0 Å². The summed E-state index contributed by atoms with van der Waals surface area (Å²) in [6.07, 6.45) is 2.35. The summed E-state index contributed by atoms with van der Waals surface area (Å²) in [4.78, 5) is 8.60. The van der Waals surface area contributed by atoms with Crippen molar-refractivity contribution in [3.8, 4) is 0 Å². The zero-order valence-electron chi connectivity index (χ0n) is 19.8. The normalized spacial score (nSPS) is 15.7. The van der Waals surface area contributed by atoms with E-state index in [1.54, 1.807) is 25.3 Å². The quantitative estimate of drug-likeness (QED) is 0.455. The van der Waals surface area contributed by atoms with Gasteiger partial charge in [-0.15, -0.1) is 0 Å². The summed E-state index contributed by atoms with van der Waals surface area (Å²) in [6.45, 7) is 2.42. The minimum absolute atomic E-state index is 0.0718. The van der Waals surface area contributed by atoms with E-state index in [9.17, 15) is 21.2 Å². The number of nitrogens with one attached hydrogen (secondary N) is 3. The molecule has 4 rings (SSSR count). The molecule has 2 heterocycles. The van der Waals surface area contributed by atoms with E-state index in [0.717, 1.165) is 10.4 Å². The molecule has 1 aromatic heterocycles. The third kappa shape index (κ3) is 5.81. The second-order valence-corrected chi connectivity index (χ2v) is 12.2. The van der Waals surface area contributed by atoms with Crippen LogP contribution >= 0.6 is 0 Å². The van der Waals surface area contributed by atoms with E-state index in [1.807, 2.05) is 0 Å². The van der Waals surface area contributed by atoms with Gasteiger partial charge in [0.25, 0.3) is 0 Å². The Balaban J connectivity index is 1.56. The molecule has 3 N–H and O–H groups in total. The van der Waals surface area contributed by atoms with Gasteiger partial charge in [-0.1, -0.05) is 12.1 Å². The fourth-order valence-electron chi connectivity index (χ4n) is 3.63. The van der Waals surface area contributed by atoms with Crippen molar-refractivity contribution in [2.24, 2.45) is 0 Å². The molecule has 10 nitrogen and oxygen atoms in total. The Morgan fingerprint density at radius 2 is 1.94 bits per heavy atom. The van der Waals surface area contributed by atoms with Crippen molar-refractivity contribution in [3.05, 3.63) is 65.6 Å². The third-order valence-electron chi connectivity index (χ3n) is 5.67. The number of aryl methyl sites for hydroxylation is 1. The zero-order chi connectivity index (χ0) is 25.9. The molecule has 0 spiro atoms. The number of hydrogen-bond donors (Lipinski definition) is 3. The molecular formula is C23H27FN6O4S2. The highest BCUT2D eigenvalue weighted by molar-refractivity contribution is 7.89. The Morgan fingerprint density at radius 1 is 1.14 bits per heavy atom. The summed E-state index contributed by atoms with van der Waals surface area (Å²) in [7, 11) is -6.29. The van der Waals surface area contributed by atoms with Crippen LogP contribution in [0.15, 0.2) is 58.5 Å². The van der Waals surface area contributed by atoms with Crippen molar-refractivity contribution < 1.29 is 21.2 Å². The molecule has 1 aliphatic heterocycles. The van der Waals surface area contributed by atoms with Crippen molar-refractivity contribution in [3.63, 3.8) is 0 Å². The molecule has 13 heteroatoms. The van der Waals surface area contributed by atoms with E-state index < -0.39 is 25.9 Å². The zero-order valence-corrected chi connectivity index (χ0v) is 21.5. The van der Waals surface area contributed by atoms with E-state index in [1.165, 1.54) is 31.3 Å². The van der Waals surface area contributed by atoms with Gasteiger partial charge in [0, 0.05) is 44.1 Å². The summed E-state index contributed by atoms with van der Waals surface area (Å²) in [5, 5.41) is 6.19. The molecule has 2 aromatic carbocycles. The molecule has 0 saturated carbocycles. The molecular weight excluding hydrogens is 507 g/mol. The van der Waals surface area contributed by atoms with E-state index in [0.29, 0.717) is 35.6 Å². The molecule has 0 fully saturated rings. The molecule has 0 saturated heterocycles. The van der Waals surface area contributed by atoms with Crippen molar-refractivity contribution >= 4 is 37.5 Å². The van der Waals surface area contributed by atoms with Crippen molar-refractivity contribution in [2.45, 2.75) is 29.6 Å². The lowest BCUT2D eigenvalue weighted by Gasteiger charge is -2.19. The average molecular weight is 535 g/mol. The maximum Gasteiger partial charge on any atom is 0.245 e. The molecule has 0 radical (unpaired) electrons. The van der Waals surface area contributed by atoms with Gasteiger partial charge in [-0.3, -0.25) is 0 Å². The molecule has 1 aliphatic rings. The Morgan fingerprint density at radius 3 is 2.75 bits per heavy atom. The predicted octanol–water partition coefficient (Wildman–Crippen LogP) is 2.62. The van der Waals surface area contributed by atoms with Gasteiger partial charge in [-0.2, -0.15) is 4.98 Å². The Hall–Kier alpha value is -3.13. The fourth-order valence-corrected chi connectivity index (χ4v) is 6.07. The number of sulfonamides is 2. The largest absolute Gasteiger partial charge is 0.370 e. The molecule has 0 amide bonds. The molecule has 192 valence electrons. The topological polar surface area (TPSA) is 133 Å². The highest BCUT2D eigenvalue weighted by Gasteiger charge is 2.25. The number of rotatable bonds is 5.